The van der Waals surface area contributed by atoms with Gasteiger partial charge in [0.15, 0.2) is 0 Å². The van der Waals surface area contributed by atoms with Gasteiger partial charge in [-0.15, -0.1) is 0 Å². The summed E-state index contributed by atoms with van der Waals surface area (Å²) in [6.45, 7) is 2.87. The van der Waals surface area contributed by atoms with Gasteiger partial charge in [-0.2, -0.15) is 0 Å². The van der Waals surface area contributed by atoms with Gasteiger partial charge in [0.25, 0.3) is 5.91 Å². The maximum atomic E-state index is 13.1. The maximum Gasteiger partial charge on any atom is 0.254 e. The van der Waals surface area contributed by atoms with Gasteiger partial charge in [0, 0.05) is 41.6 Å². The van der Waals surface area contributed by atoms with E-state index >= 15 is 0 Å². The molecule has 0 radical (unpaired) electrons. The summed E-state index contributed by atoms with van der Waals surface area (Å²) in [5, 5.41) is 1.02. The molecule has 1 aromatic carbocycles. The molecule has 1 atom stereocenters. The van der Waals surface area contributed by atoms with Crippen LogP contribution in [0.25, 0.3) is 10.9 Å². The Labute approximate surface area is 153 Å². The highest BCUT2D eigenvalue weighted by Gasteiger charge is 2.29. The fraction of sp³-hybridized carbons (Fsp3) is 0.318. The highest BCUT2D eigenvalue weighted by Crippen LogP contribution is 2.25. The predicted octanol–water partition coefficient (Wildman–Crippen LogP) is 4.18. The molecule has 0 spiro atoms. The van der Waals surface area contributed by atoms with E-state index in [4.69, 9.17) is 0 Å². The highest BCUT2D eigenvalue weighted by molar-refractivity contribution is 5.98. The Bertz CT molecular complexity index is 937. The van der Waals surface area contributed by atoms with Crippen molar-refractivity contribution in [2.24, 2.45) is 0 Å². The number of nitrogens with zero attached hydrogens (tertiary/aromatic N) is 3. The van der Waals surface area contributed by atoms with Crippen molar-refractivity contribution in [3.63, 3.8) is 0 Å². The third kappa shape index (κ3) is 3.45. The number of hydrogen-bond acceptors (Lipinski definition) is 3. The summed E-state index contributed by atoms with van der Waals surface area (Å²) < 4.78 is 0. The van der Waals surface area contributed by atoms with E-state index in [9.17, 15) is 4.79 Å². The first-order chi connectivity index (χ1) is 12.7. The topological polar surface area (TPSA) is 46.1 Å². The standard InChI is InChI=1S/C22H23N3O/c1-16-14-17(10-12-23-16)6-8-20-5-3-13-25(20)22(26)19-7-9-21-18(15-19)4-2-11-24-21/h2,4,7,9-12,14-15,20H,3,5-6,8,13H2,1H3/t20-/m0/s1. The molecular weight excluding hydrogens is 322 g/mol. The summed E-state index contributed by atoms with van der Waals surface area (Å²) in [4.78, 5) is 23.7. The number of amides is 1. The van der Waals surface area contributed by atoms with Crippen molar-refractivity contribution in [2.75, 3.05) is 6.54 Å². The van der Waals surface area contributed by atoms with Crippen LogP contribution in [0, 0.1) is 6.92 Å². The molecule has 26 heavy (non-hydrogen) atoms. The summed E-state index contributed by atoms with van der Waals surface area (Å²) in [7, 11) is 0. The SMILES string of the molecule is Cc1cc(CC[C@@H]2CCCN2C(=O)c2ccc3ncccc3c2)ccn1. The Kier molecular flexibility index (Phi) is 4.65. The van der Waals surface area contributed by atoms with Crippen molar-refractivity contribution in [1.29, 1.82) is 0 Å². The summed E-state index contributed by atoms with van der Waals surface area (Å²) in [5.41, 5.74) is 4.03. The van der Waals surface area contributed by atoms with Gasteiger partial charge in [0.1, 0.15) is 0 Å². The molecule has 0 N–H and O–H groups in total. The molecule has 0 saturated carbocycles. The van der Waals surface area contributed by atoms with Gasteiger partial charge in [0.05, 0.1) is 5.52 Å². The summed E-state index contributed by atoms with van der Waals surface area (Å²) in [5.74, 6) is 0.143. The molecule has 1 aliphatic heterocycles. The molecular formula is C22H23N3O. The minimum absolute atomic E-state index is 0.143. The summed E-state index contributed by atoms with van der Waals surface area (Å²) >= 11 is 0. The number of rotatable bonds is 4. The van der Waals surface area contributed by atoms with Crippen LogP contribution in [0.2, 0.25) is 0 Å². The van der Waals surface area contributed by atoms with Crippen molar-refractivity contribution >= 4 is 16.8 Å². The number of aromatic nitrogens is 2. The zero-order valence-electron chi connectivity index (χ0n) is 15.1. The number of carbonyl (C=O) groups is 1. The lowest BCUT2D eigenvalue weighted by Gasteiger charge is -2.25. The van der Waals surface area contributed by atoms with Gasteiger partial charge in [0.2, 0.25) is 0 Å². The van der Waals surface area contributed by atoms with E-state index in [2.05, 4.69) is 27.0 Å². The molecule has 3 heterocycles. The fourth-order valence-electron chi connectivity index (χ4n) is 3.87. The molecule has 0 bridgehead atoms. The molecule has 4 rings (SSSR count). The van der Waals surface area contributed by atoms with Crippen LogP contribution in [0.5, 0.6) is 0 Å². The van der Waals surface area contributed by atoms with Gasteiger partial charge in [-0.3, -0.25) is 14.8 Å². The van der Waals surface area contributed by atoms with Gasteiger partial charge in [-0.1, -0.05) is 6.07 Å². The first-order valence-electron chi connectivity index (χ1n) is 9.28. The van der Waals surface area contributed by atoms with Crippen LogP contribution in [0.1, 0.15) is 40.9 Å². The van der Waals surface area contributed by atoms with Gasteiger partial charge < -0.3 is 4.90 Å². The number of hydrogen-bond donors (Lipinski definition) is 0. The van der Waals surface area contributed by atoms with Crippen molar-refractivity contribution in [2.45, 2.75) is 38.6 Å². The van der Waals surface area contributed by atoms with Crippen molar-refractivity contribution < 1.29 is 4.79 Å². The van der Waals surface area contributed by atoms with Gasteiger partial charge in [-0.05, 0) is 74.6 Å². The van der Waals surface area contributed by atoms with Crippen LogP contribution in [-0.4, -0.2) is 33.4 Å². The average molecular weight is 345 g/mol. The van der Waals surface area contributed by atoms with E-state index in [1.54, 1.807) is 6.20 Å². The first-order valence-corrected chi connectivity index (χ1v) is 9.28. The second kappa shape index (κ2) is 7.24. The zero-order valence-corrected chi connectivity index (χ0v) is 15.1. The van der Waals surface area contributed by atoms with E-state index in [1.165, 1.54) is 5.56 Å². The molecule has 2 aromatic heterocycles. The molecule has 4 nitrogen and oxygen atoms in total. The second-order valence-corrected chi connectivity index (χ2v) is 7.05. The smallest absolute Gasteiger partial charge is 0.254 e. The van der Waals surface area contributed by atoms with Gasteiger partial charge >= 0.3 is 0 Å². The molecule has 4 heteroatoms. The number of fused-ring (bicyclic) bond motifs is 1. The lowest BCUT2D eigenvalue weighted by atomic mass is 10.0. The summed E-state index contributed by atoms with van der Waals surface area (Å²) in [6.07, 6.45) is 7.81. The zero-order chi connectivity index (χ0) is 17.9. The number of benzene rings is 1. The number of aryl methyl sites for hydroxylation is 2. The average Bonchev–Trinajstić information content (AvgIpc) is 3.14. The van der Waals surface area contributed by atoms with E-state index in [0.717, 1.165) is 54.4 Å². The third-order valence-electron chi connectivity index (χ3n) is 5.22. The summed E-state index contributed by atoms with van der Waals surface area (Å²) in [6, 6.07) is 14.2. The Morgan fingerprint density at radius 2 is 2.08 bits per heavy atom. The minimum Gasteiger partial charge on any atom is -0.336 e. The highest BCUT2D eigenvalue weighted by atomic mass is 16.2. The van der Waals surface area contributed by atoms with E-state index in [-0.39, 0.29) is 5.91 Å². The Hall–Kier alpha value is -2.75. The maximum absolute atomic E-state index is 13.1. The molecule has 132 valence electrons. The van der Waals surface area contributed by atoms with Crippen LogP contribution < -0.4 is 0 Å². The third-order valence-corrected chi connectivity index (χ3v) is 5.22. The fourth-order valence-corrected chi connectivity index (χ4v) is 3.87. The second-order valence-electron chi connectivity index (χ2n) is 7.05. The molecule has 3 aromatic rings. The molecule has 1 saturated heterocycles. The Morgan fingerprint density at radius 1 is 1.15 bits per heavy atom. The quantitative estimate of drug-likeness (QED) is 0.713. The van der Waals surface area contributed by atoms with E-state index in [0.29, 0.717) is 6.04 Å². The molecule has 1 fully saturated rings. The van der Waals surface area contributed by atoms with Crippen LogP contribution in [0.15, 0.2) is 54.9 Å². The van der Waals surface area contributed by atoms with E-state index in [1.807, 2.05) is 43.5 Å². The van der Waals surface area contributed by atoms with Gasteiger partial charge in [-0.25, -0.2) is 0 Å². The van der Waals surface area contributed by atoms with Crippen LogP contribution in [-0.2, 0) is 6.42 Å². The van der Waals surface area contributed by atoms with Crippen LogP contribution >= 0.6 is 0 Å². The molecule has 0 unspecified atom stereocenters. The van der Waals surface area contributed by atoms with Crippen molar-refractivity contribution in [3.8, 4) is 0 Å². The number of carbonyl (C=O) groups excluding carboxylic acids is 1. The number of likely N-dealkylation sites (tertiary alicyclic amines) is 1. The Balaban J connectivity index is 1.48. The van der Waals surface area contributed by atoms with E-state index < -0.39 is 0 Å². The van der Waals surface area contributed by atoms with Crippen LogP contribution in [0.3, 0.4) is 0 Å². The monoisotopic (exact) mass is 345 g/mol. The minimum atomic E-state index is 0.143. The van der Waals surface area contributed by atoms with Crippen LogP contribution in [0.4, 0.5) is 0 Å². The molecule has 1 aliphatic rings. The normalized spacial score (nSPS) is 17.0. The van der Waals surface area contributed by atoms with Crippen molar-refractivity contribution in [3.05, 3.63) is 71.7 Å². The number of pyridine rings is 2. The first kappa shape index (κ1) is 16.7. The molecule has 1 amide bonds. The van der Waals surface area contributed by atoms with Crippen molar-refractivity contribution in [1.82, 2.24) is 14.9 Å². The predicted molar refractivity (Wildman–Crippen MR) is 103 cm³/mol. The Morgan fingerprint density at radius 3 is 2.96 bits per heavy atom. The lowest BCUT2D eigenvalue weighted by molar-refractivity contribution is 0.0731. The molecule has 0 aliphatic carbocycles. The lowest BCUT2D eigenvalue weighted by Crippen LogP contribution is -2.35. The largest absolute Gasteiger partial charge is 0.336 e.